The summed E-state index contributed by atoms with van der Waals surface area (Å²) in [6.45, 7) is 10.2. The SMILES string of the molecule is COc1cc(C)c([C@H](C)NC(=O)c2cc(S(=O)(=O)N3CCN(C)CC3)ccc2Cl)cc1C(C)C. The van der Waals surface area contributed by atoms with E-state index in [1.165, 1.54) is 22.5 Å². The van der Waals surface area contributed by atoms with Gasteiger partial charge in [-0.05, 0) is 73.8 Å². The fourth-order valence-electron chi connectivity index (χ4n) is 4.18. The van der Waals surface area contributed by atoms with Crippen LogP contribution in [0.5, 0.6) is 5.75 Å². The fraction of sp³-hybridized carbons (Fsp3) is 0.480. The molecule has 186 valence electrons. The quantitative estimate of drug-likeness (QED) is 0.607. The summed E-state index contributed by atoms with van der Waals surface area (Å²) >= 11 is 6.32. The van der Waals surface area contributed by atoms with E-state index in [2.05, 4.69) is 30.1 Å². The Hall–Kier alpha value is -2.13. The largest absolute Gasteiger partial charge is 0.496 e. The molecule has 0 spiro atoms. The van der Waals surface area contributed by atoms with Gasteiger partial charge >= 0.3 is 0 Å². The summed E-state index contributed by atoms with van der Waals surface area (Å²) in [6, 6.07) is 8.02. The zero-order chi connectivity index (χ0) is 25.2. The van der Waals surface area contributed by atoms with Gasteiger partial charge in [-0.1, -0.05) is 25.4 Å². The van der Waals surface area contributed by atoms with E-state index in [1.54, 1.807) is 7.11 Å². The van der Waals surface area contributed by atoms with Crippen molar-refractivity contribution in [1.29, 1.82) is 0 Å². The van der Waals surface area contributed by atoms with E-state index in [1.807, 2.05) is 27.0 Å². The summed E-state index contributed by atoms with van der Waals surface area (Å²) in [5.41, 5.74) is 3.16. The van der Waals surface area contributed by atoms with Gasteiger partial charge in [0, 0.05) is 26.2 Å². The maximum atomic E-state index is 13.2. The van der Waals surface area contributed by atoms with E-state index < -0.39 is 15.9 Å². The third-order valence-electron chi connectivity index (χ3n) is 6.34. The van der Waals surface area contributed by atoms with Crippen LogP contribution in [0.4, 0.5) is 0 Å². The van der Waals surface area contributed by atoms with Crippen LogP contribution in [-0.2, 0) is 10.0 Å². The number of piperazine rings is 1. The number of nitrogens with one attached hydrogen (secondary N) is 1. The molecule has 1 aliphatic heterocycles. The number of methoxy groups -OCH3 is 1. The summed E-state index contributed by atoms with van der Waals surface area (Å²) in [5, 5.41) is 3.19. The number of ether oxygens (including phenoxy) is 1. The molecule has 1 heterocycles. The van der Waals surface area contributed by atoms with E-state index in [4.69, 9.17) is 16.3 Å². The number of carbonyl (C=O) groups excluding carboxylic acids is 1. The second kappa shape index (κ2) is 10.6. The highest BCUT2D eigenvalue weighted by molar-refractivity contribution is 7.89. The minimum atomic E-state index is -3.71. The maximum absolute atomic E-state index is 13.2. The van der Waals surface area contributed by atoms with Crippen LogP contribution in [0.15, 0.2) is 35.2 Å². The molecule has 1 saturated heterocycles. The van der Waals surface area contributed by atoms with Gasteiger partial charge in [0.25, 0.3) is 5.91 Å². The molecule has 1 fully saturated rings. The molecular weight excluding hydrogens is 474 g/mol. The Morgan fingerprint density at radius 1 is 1.06 bits per heavy atom. The molecule has 0 aromatic heterocycles. The van der Waals surface area contributed by atoms with E-state index in [0.29, 0.717) is 26.2 Å². The third-order valence-corrected chi connectivity index (χ3v) is 8.56. The monoisotopic (exact) mass is 507 g/mol. The van der Waals surface area contributed by atoms with Gasteiger partial charge in [0.05, 0.1) is 28.6 Å². The Morgan fingerprint density at radius 2 is 1.71 bits per heavy atom. The molecule has 7 nitrogen and oxygen atoms in total. The van der Waals surface area contributed by atoms with E-state index >= 15 is 0 Å². The predicted octanol–water partition coefficient (Wildman–Crippen LogP) is 4.21. The zero-order valence-corrected chi connectivity index (χ0v) is 22.3. The number of hydrogen-bond acceptors (Lipinski definition) is 5. The van der Waals surface area contributed by atoms with Crippen LogP contribution in [0.2, 0.25) is 5.02 Å². The standard InChI is InChI=1S/C25H34ClN3O4S/c1-16(2)20-15-21(17(3)13-24(20)33-6)18(4)27-25(30)22-14-19(7-8-23(22)26)34(31,32)29-11-9-28(5)10-12-29/h7-8,13-16,18H,9-12H2,1-6H3,(H,27,30)/t18-/m0/s1. The van der Waals surface area contributed by atoms with Crippen molar-refractivity contribution in [3.05, 3.63) is 57.6 Å². The number of amides is 1. The number of sulfonamides is 1. The number of likely N-dealkylation sites (N-methyl/N-ethyl adjacent to an activating group) is 1. The summed E-state index contributed by atoms with van der Waals surface area (Å²) in [6.07, 6.45) is 0. The van der Waals surface area contributed by atoms with Crippen molar-refractivity contribution in [3.8, 4) is 5.75 Å². The predicted molar refractivity (Wildman–Crippen MR) is 135 cm³/mol. The van der Waals surface area contributed by atoms with Gasteiger partial charge in [0.1, 0.15) is 5.75 Å². The molecule has 34 heavy (non-hydrogen) atoms. The van der Waals surface area contributed by atoms with Crippen LogP contribution in [-0.4, -0.2) is 63.9 Å². The molecule has 0 unspecified atom stereocenters. The molecular formula is C25H34ClN3O4S. The van der Waals surface area contributed by atoms with Crippen molar-refractivity contribution in [1.82, 2.24) is 14.5 Å². The first-order valence-electron chi connectivity index (χ1n) is 11.4. The molecule has 0 radical (unpaired) electrons. The molecule has 9 heteroatoms. The fourth-order valence-corrected chi connectivity index (χ4v) is 5.83. The Kier molecular flexibility index (Phi) is 8.29. The van der Waals surface area contributed by atoms with Crippen LogP contribution >= 0.6 is 11.6 Å². The van der Waals surface area contributed by atoms with Gasteiger partial charge in [0.15, 0.2) is 0 Å². The molecule has 0 aliphatic carbocycles. The lowest BCUT2D eigenvalue weighted by molar-refractivity contribution is 0.0939. The first-order valence-corrected chi connectivity index (χ1v) is 13.2. The van der Waals surface area contributed by atoms with E-state index in [-0.39, 0.29) is 27.4 Å². The average molecular weight is 508 g/mol. The van der Waals surface area contributed by atoms with Crippen LogP contribution < -0.4 is 10.1 Å². The second-order valence-corrected chi connectivity index (χ2v) is 11.5. The lowest BCUT2D eigenvalue weighted by Crippen LogP contribution is -2.47. The molecule has 2 aromatic rings. The lowest BCUT2D eigenvalue weighted by atomic mass is 9.93. The Balaban J connectivity index is 1.86. The van der Waals surface area contributed by atoms with Crippen LogP contribution in [0, 0.1) is 6.92 Å². The van der Waals surface area contributed by atoms with Crippen molar-refractivity contribution in [2.45, 2.75) is 44.6 Å². The van der Waals surface area contributed by atoms with Crippen LogP contribution in [0.1, 0.15) is 59.8 Å². The molecule has 1 aliphatic rings. The number of rotatable bonds is 7. The number of benzene rings is 2. The molecule has 0 saturated carbocycles. The zero-order valence-electron chi connectivity index (χ0n) is 20.7. The molecule has 2 aromatic carbocycles. The third kappa shape index (κ3) is 5.57. The molecule has 1 atom stereocenters. The summed E-state index contributed by atoms with van der Waals surface area (Å²) in [4.78, 5) is 15.3. The van der Waals surface area contributed by atoms with Crippen molar-refractivity contribution >= 4 is 27.5 Å². The first-order chi connectivity index (χ1) is 15.9. The minimum absolute atomic E-state index is 0.0713. The smallest absolute Gasteiger partial charge is 0.253 e. The average Bonchev–Trinajstić information content (AvgIpc) is 2.78. The molecule has 3 rings (SSSR count). The van der Waals surface area contributed by atoms with Crippen LogP contribution in [0.3, 0.4) is 0 Å². The van der Waals surface area contributed by atoms with E-state index in [0.717, 1.165) is 22.4 Å². The topological polar surface area (TPSA) is 78.9 Å². The highest BCUT2D eigenvalue weighted by Crippen LogP contribution is 2.32. The number of aryl methyl sites for hydroxylation is 1. The van der Waals surface area contributed by atoms with Gasteiger partial charge < -0.3 is 15.0 Å². The van der Waals surface area contributed by atoms with Crippen molar-refractivity contribution in [3.63, 3.8) is 0 Å². The summed E-state index contributed by atoms with van der Waals surface area (Å²) in [7, 11) is -0.102. The molecule has 1 amide bonds. The van der Waals surface area contributed by atoms with Crippen molar-refractivity contribution < 1.29 is 17.9 Å². The lowest BCUT2D eigenvalue weighted by Gasteiger charge is -2.31. The summed E-state index contributed by atoms with van der Waals surface area (Å²) < 4.78 is 33.3. The minimum Gasteiger partial charge on any atom is -0.496 e. The van der Waals surface area contributed by atoms with Crippen molar-refractivity contribution in [2.24, 2.45) is 0 Å². The Labute approximate surface area is 208 Å². The van der Waals surface area contributed by atoms with E-state index in [9.17, 15) is 13.2 Å². The Bertz CT molecular complexity index is 1160. The maximum Gasteiger partial charge on any atom is 0.253 e. The number of nitrogens with zero attached hydrogens (tertiary/aromatic N) is 2. The van der Waals surface area contributed by atoms with Crippen LogP contribution in [0.25, 0.3) is 0 Å². The van der Waals surface area contributed by atoms with Crippen molar-refractivity contribution in [2.75, 3.05) is 40.3 Å². The molecule has 0 bridgehead atoms. The highest BCUT2D eigenvalue weighted by atomic mass is 35.5. The number of carbonyl (C=O) groups is 1. The summed E-state index contributed by atoms with van der Waals surface area (Å²) in [5.74, 6) is 0.650. The van der Waals surface area contributed by atoms with Gasteiger partial charge in [-0.3, -0.25) is 4.79 Å². The second-order valence-electron chi connectivity index (χ2n) is 9.15. The molecule has 1 N–H and O–H groups in total. The van der Waals surface area contributed by atoms with Gasteiger partial charge in [0.2, 0.25) is 10.0 Å². The Morgan fingerprint density at radius 3 is 2.29 bits per heavy atom. The van der Waals surface area contributed by atoms with Gasteiger partial charge in [-0.15, -0.1) is 0 Å². The van der Waals surface area contributed by atoms with Gasteiger partial charge in [-0.2, -0.15) is 4.31 Å². The highest BCUT2D eigenvalue weighted by Gasteiger charge is 2.29. The normalized spacial score (nSPS) is 16.5. The number of halogens is 1. The van der Waals surface area contributed by atoms with Gasteiger partial charge in [-0.25, -0.2) is 8.42 Å². The number of hydrogen-bond donors (Lipinski definition) is 1. The first kappa shape index (κ1) is 26.5.